The number of methoxy groups -OCH3 is 1. The number of hydrogen-bond acceptors (Lipinski definition) is 5. The number of thioether (sulfide) groups is 1. The molecule has 2 aromatic carbocycles. The monoisotopic (exact) mass is 391 g/mol. The Kier molecular flexibility index (Phi) is 5.58. The number of carbonyl (C=O) groups is 1. The van der Waals surface area contributed by atoms with Gasteiger partial charge < -0.3 is 4.74 Å². The van der Waals surface area contributed by atoms with Crippen molar-refractivity contribution in [2.24, 2.45) is 0 Å². The first-order chi connectivity index (χ1) is 12.5. The number of aromatic amines is 1. The van der Waals surface area contributed by atoms with E-state index in [9.17, 15) is 9.18 Å². The number of Topliss-reactive ketones (excluding diaryl/α,β-unsaturated/α-hetero) is 1. The highest BCUT2D eigenvalue weighted by Gasteiger charge is 2.20. The van der Waals surface area contributed by atoms with Crippen molar-refractivity contribution in [3.05, 3.63) is 58.9 Å². The van der Waals surface area contributed by atoms with Crippen LogP contribution in [0.1, 0.15) is 17.3 Å². The number of aromatic nitrogens is 3. The second-order valence-corrected chi connectivity index (χ2v) is 7.19. The topological polar surface area (TPSA) is 67.9 Å². The second kappa shape index (κ2) is 7.88. The number of nitrogens with one attached hydrogen (secondary N) is 1. The molecule has 1 aromatic heterocycles. The summed E-state index contributed by atoms with van der Waals surface area (Å²) in [6, 6.07) is 10.7. The van der Waals surface area contributed by atoms with Crippen molar-refractivity contribution in [2.45, 2.75) is 17.3 Å². The summed E-state index contributed by atoms with van der Waals surface area (Å²) in [7, 11) is 1.56. The van der Waals surface area contributed by atoms with Crippen LogP contribution in [0.4, 0.5) is 4.39 Å². The summed E-state index contributed by atoms with van der Waals surface area (Å²) in [4.78, 5) is 16.8. The van der Waals surface area contributed by atoms with Crippen LogP contribution in [0.3, 0.4) is 0 Å². The molecule has 0 spiro atoms. The normalized spacial score (nSPS) is 12.0. The Bertz CT molecular complexity index is 930. The molecule has 1 heterocycles. The molecule has 0 fully saturated rings. The summed E-state index contributed by atoms with van der Waals surface area (Å²) in [5, 5.41) is 7.52. The van der Waals surface area contributed by atoms with Gasteiger partial charge in [0.05, 0.1) is 17.9 Å². The summed E-state index contributed by atoms with van der Waals surface area (Å²) in [6.07, 6.45) is 0. The van der Waals surface area contributed by atoms with Crippen LogP contribution >= 0.6 is 23.4 Å². The van der Waals surface area contributed by atoms with Gasteiger partial charge in [-0.15, -0.1) is 5.10 Å². The molecule has 0 bridgehead atoms. The molecule has 134 valence electrons. The van der Waals surface area contributed by atoms with E-state index in [0.717, 1.165) is 0 Å². The zero-order valence-corrected chi connectivity index (χ0v) is 15.6. The van der Waals surface area contributed by atoms with E-state index in [0.29, 0.717) is 32.9 Å². The molecule has 26 heavy (non-hydrogen) atoms. The molecule has 1 N–H and O–H groups in total. The zero-order chi connectivity index (χ0) is 18.7. The minimum Gasteiger partial charge on any atom is -0.496 e. The second-order valence-electron chi connectivity index (χ2n) is 5.44. The third-order valence-corrected chi connectivity index (χ3v) is 4.86. The lowest BCUT2D eigenvalue weighted by atomic mass is 10.1. The fraction of sp³-hybridized carbons (Fsp3) is 0.167. The van der Waals surface area contributed by atoms with Gasteiger partial charge in [0, 0.05) is 10.6 Å². The van der Waals surface area contributed by atoms with Gasteiger partial charge in [-0.05, 0) is 49.4 Å². The van der Waals surface area contributed by atoms with Crippen LogP contribution in [-0.4, -0.2) is 33.3 Å². The molecule has 1 atom stereocenters. The highest BCUT2D eigenvalue weighted by Crippen LogP contribution is 2.32. The Balaban J connectivity index is 1.77. The van der Waals surface area contributed by atoms with E-state index in [2.05, 4.69) is 15.2 Å². The number of hydrogen-bond donors (Lipinski definition) is 1. The van der Waals surface area contributed by atoms with Gasteiger partial charge >= 0.3 is 0 Å². The first-order valence-electron chi connectivity index (χ1n) is 7.70. The number of halogens is 2. The molecule has 0 amide bonds. The Hall–Kier alpha value is -2.38. The fourth-order valence-electron chi connectivity index (χ4n) is 2.35. The fourth-order valence-corrected chi connectivity index (χ4v) is 3.32. The van der Waals surface area contributed by atoms with E-state index in [1.165, 1.54) is 36.0 Å². The minimum absolute atomic E-state index is 0.123. The van der Waals surface area contributed by atoms with Crippen molar-refractivity contribution < 1.29 is 13.9 Å². The van der Waals surface area contributed by atoms with E-state index < -0.39 is 5.25 Å². The van der Waals surface area contributed by atoms with E-state index >= 15 is 0 Å². The van der Waals surface area contributed by atoms with Crippen molar-refractivity contribution in [1.29, 1.82) is 0 Å². The zero-order valence-electron chi connectivity index (χ0n) is 14.0. The predicted octanol–water partition coefficient (Wildman–Crippen LogP) is 4.64. The standard InChI is InChI=1S/C18H15ClFN3O2S/c1-10(16(24)11-3-6-13(20)7-4-11)26-18-21-17(22-23-18)14-9-12(19)5-8-15(14)25-2/h3-10H,1-2H3,(H,21,22,23)/t10-/m1/s1. The molecule has 8 heteroatoms. The lowest BCUT2D eigenvalue weighted by Crippen LogP contribution is -2.13. The summed E-state index contributed by atoms with van der Waals surface area (Å²) < 4.78 is 18.3. The molecular weight excluding hydrogens is 377 g/mol. The Morgan fingerprint density at radius 3 is 2.69 bits per heavy atom. The minimum atomic E-state index is -0.426. The number of carbonyl (C=O) groups excluding carboxylic acids is 1. The third-order valence-electron chi connectivity index (χ3n) is 3.66. The van der Waals surface area contributed by atoms with Gasteiger partial charge in [0.1, 0.15) is 11.6 Å². The SMILES string of the molecule is COc1ccc(Cl)cc1-c1nc(S[C@H](C)C(=O)c2ccc(F)cc2)n[nH]1. The smallest absolute Gasteiger partial charge is 0.209 e. The molecule has 5 nitrogen and oxygen atoms in total. The molecule has 0 saturated carbocycles. The van der Waals surface area contributed by atoms with Crippen molar-refractivity contribution >= 4 is 29.1 Å². The number of ether oxygens (including phenoxy) is 1. The Labute approximate surface area is 158 Å². The predicted molar refractivity (Wildman–Crippen MR) is 99.4 cm³/mol. The van der Waals surface area contributed by atoms with E-state index in [1.54, 1.807) is 32.2 Å². The van der Waals surface area contributed by atoms with Gasteiger partial charge in [0.2, 0.25) is 5.16 Å². The highest BCUT2D eigenvalue weighted by atomic mass is 35.5. The van der Waals surface area contributed by atoms with Crippen molar-refractivity contribution in [1.82, 2.24) is 15.2 Å². The van der Waals surface area contributed by atoms with E-state index in [1.807, 2.05) is 0 Å². The first-order valence-corrected chi connectivity index (χ1v) is 8.96. The van der Waals surface area contributed by atoms with Crippen molar-refractivity contribution in [2.75, 3.05) is 7.11 Å². The molecule has 0 aliphatic rings. The molecule has 0 aliphatic heterocycles. The quantitative estimate of drug-likeness (QED) is 0.490. The maximum Gasteiger partial charge on any atom is 0.209 e. The van der Waals surface area contributed by atoms with Crippen LogP contribution < -0.4 is 4.74 Å². The third kappa shape index (κ3) is 4.05. The average molecular weight is 392 g/mol. The van der Waals surface area contributed by atoms with Crippen LogP contribution in [0.2, 0.25) is 5.02 Å². The summed E-state index contributed by atoms with van der Waals surface area (Å²) in [5.41, 5.74) is 1.12. The maximum atomic E-state index is 13.0. The van der Waals surface area contributed by atoms with Crippen LogP contribution in [0.5, 0.6) is 5.75 Å². The van der Waals surface area contributed by atoms with Gasteiger partial charge in [0.15, 0.2) is 11.6 Å². The number of nitrogens with zero attached hydrogens (tertiary/aromatic N) is 2. The highest BCUT2D eigenvalue weighted by molar-refractivity contribution is 8.00. The number of H-pyrrole nitrogens is 1. The van der Waals surface area contributed by atoms with Crippen LogP contribution in [-0.2, 0) is 0 Å². The molecule has 3 rings (SSSR count). The van der Waals surface area contributed by atoms with Gasteiger partial charge in [0.25, 0.3) is 0 Å². The Morgan fingerprint density at radius 2 is 2.00 bits per heavy atom. The van der Waals surface area contributed by atoms with Gasteiger partial charge in [-0.3, -0.25) is 9.89 Å². The lowest BCUT2D eigenvalue weighted by Gasteiger charge is -2.07. The van der Waals surface area contributed by atoms with Gasteiger partial charge in [-0.1, -0.05) is 23.4 Å². The Morgan fingerprint density at radius 1 is 1.27 bits per heavy atom. The van der Waals surface area contributed by atoms with E-state index in [4.69, 9.17) is 16.3 Å². The largest absolute Gasteiger partial charge is 0.496 e. The summed E-state index contributed by atoms with van der Waals surface area (Å²) >= 11 is 7.25. The summed E-state index contributed by atoms with van der Waals surface area (Å²) in [5.74, 6) is 0.600. The maximum absolute atomic E-state index is 13.0. The van der Waals surface area contributed by atoms with Crippen LogP contribution in [0.15, 0.2) is 47.6 Å². The number of benzene rings is 2. The first kappa shape index (κ1) is 18.4. The van der Waals surface area contributed by atoms with Gasteiger partial charge in [-0.25, -0.2) is 9.37 Å². The average Bonchev–Trinajstić information content (AvgIpc) is 3.10. The van der Waals surface area contributed by atoms with Crippen molar-refractivity contribution in [3.63, 3.8) is 0 Å². The number of ketones is 1. The molecule has 0 radical (unpaired) electrons. The molecular formula is C18H15ClFN3O2S. The molecule has 0 aliphatic carbocycles. The molecule has 3 aromatic rings. The van der Waals surface area contributed by atoms with Crippen LogP contribution in [0, 0.1) is 5.82 Å². The molecule has 0 unspecified atom stereocenters. The van der Waals surface area contributed by atoms with Crippen molar-refractivity contribution in [3.8, 4) is 17.1 Å². The van der Waals surface area contributed by atoms with Gasteiger partial charge in [-0.2, -0.15) is 0 Å². The lowest BCUT2D eigenvalue weighted by molar-refractivity contribution is 0.0994. The van der Waals surface area contributed by atoms with Crippen LogP contribution in [0.25, 0.3) is 11.4 Å². The summed E-state index contributed by atoms with van der Waals surface area (Å²) in [6.45, 7) is 1.76. The number of rotatable bonds is 6. The van der Waals surface area contributed by atoms with E-state index in [-0.39, 0.29) is 11.6 Å². The molecule has 0 saturated heterocycles.